The number of ether oxygens (including phenoxy) is 4. The van der Waals surface area contributed by atoms with E-state index in [1.165, 1.54) is 7.11 Å². The van der Waals surface area contributed by atoms with Crippen molar-refractivity contribution < 1.29 is 28.5 Å². The van der Waals surface area contributed by atoms with E-state index in [-0.39, 0.29) is 25.1 Å². The van der Waals surface area contributed by atoms with Crippen LogP contribution in [0.15, 0.2) is 36.4 Å². The molecule has 39 heavy (non-hydrogen) atoms. The molecule has 0 radical (unpaired) electrons. The minimum atomic E-state index is -0.525. The average molecular weight is 560 g/mol. The van der Waals surface area contributed by atoms with Gasteiger partial charge in [0.15, 0.2) is 0 Å². The van der Waals surface area contributed by atoms with Crippen LogP contribution in [0, 0.1) is 5.92 Å². The van der Waals surface area contributed by atoms with Crippen LogP contribution in [0.2, 0.25) is 5.02 Å². The van der Waals surface area contributed by atoms with Gasteiger partial charge in [0.1, 0.15) is 11.9 Å². The number of fused-ring (bicyclic) bond motifs is 1. The highest BCUT2D eigenvalue weighted by molar-refractivity contribution is 6.30. The molecule has 212 valence electrons. The van der Waals surface area contributed by atoms with E-state index >= 15 is 0 Å². The van der Waals surface area contributed by atoms with Crippen molar-refractivity contribution in [3.63, 3.8) is 0 Å². The molecule has 2 amide bonds. The van der Waals surface area contributed by atoms with Gasteiger partial charge in [0.2, 0.25) is 0 Å². The van der Waals surface area contributed by atoms with Crippen molar-refractivity contribution in [1.29, 1.82) is 0 Å². The maximum absolute atomic E-state index is 13.4. The lowest BCUT2D eigenvalue weighted by Crippen LogP contribution is -2.41. The van der Waals surface area contributed by atoms with Crippen LogP contribution >= 0.6 is 11.6 Å². The van der Waals surface area contributed by atoms with Crippen molar-refractivity contribution >= 4 is 23.6 Å². The van der Waals surface area contributed by atoms with Crippen LogP contribution in [-0.2, 0) is 20.6 Å². The molecule has 2 aromatic carbocycles. The highest BCUT2D eigenvalue weighted by atomic mass is 35.5. The minimum absolute atomic E-state index is 0.168. The second-order valence-corrected chi connectivity index (χ2v) is 10.3. The summed E-state index contributed by atoms with van der Waals surface area (Å²) in [4.78, 5) is 24.8. The Hall–Kier alpha value is -2.85. The molecule has 1 saturated heterocycles. The first-order valence-electron chi connectivity index (χ1n) is 13.5. The molecule has 2 unspecified atom stereocenters. The molecule has 1 fully saturated rings. The summed E-state index contributed by atoms with van der Waals surface area (Å²) in [6, 6.07) is 11.3. The molecule has 0 saturated carbocycles. The second kappa shape index (κ2) is 14.5. The Bertz CT molecular complexity index is 1120. The van der Waals surface area contributed by atoms with Gasteiger partial charge in [-0.2, -0.15) is 0 Å². The normalized spacial score (nSPS) is 16.6. The van der Waals surface area contributed by atoms with Crippen molar-refractivity contribution in [3.05, 3.63) is 63.7 Å². The molecule has 10 heteroatoms. The monoisotopic (exact) mass is 559 g/mol. The molecule has 0 bridgehead atoms. The Balaban J connectivity index is 1.52. The van der Waals surface area contributed by atoms with E-state index in [9.17, 15) is 9.59 Å². The molecule has 2 aliphatic heterocycles. The molecule has 0 spiro atoms. The van der Waals surface area contributed by atoms with Crippen molar-refractivity contribution in [3.8, 4) is 5.75 Å². The van der Waals surface area contributed by atoms with E-state index in [4.69, 9.17) is 25.8 Å². The smallest absolute Gasteiger partial charge is 0.406 e. The lowest BCUT2D eigenvalue weighted by molar-refractivity contribution is 0.0605. The highest BCUT2D eigenvalue weighted by Crippen LogP contribution is 2.38. The van der Waals surface area contributed by atoms with E-state index in [2.05, 4.69) is 20.7 Å². The summed E-state index contributed by atoms with van der Waals surface area (Å²) in [6.07, 6.45) is 2.77. The van der Waals surface area contributed by atoms with Gasteiger partial charge in [-0.25, -0.2) is 4.79 Å². The molecule has 2 atom stereocenters. The van der Waals surface area contributed by atoms with Crippen molar-refractivity contribution in [2.24, 2.45) is 5.92 Å². The predicted octanol–water partition coefficient (Wildman–Crippen LogP) is 3.87. The number of benzene rings is 2. The number of alkyl carbamates (subject to hydrolysis) is 1. The van der Waals surface area contributed by atoms with E-state index in [0.717, 1.165) is 49.2 Å². The number of carbonyl (C=O) groups excluding carboxylic acids is 2. The van der Waals surface area contributed by atoms with Crippen LogP contribution in [0.4, 0.5) is 4.79 Å². The second-order valence-electron chi connectivity index (χ2n) is 9.85. The zero-order valence-electron chi connectivity index (χ0n) is 22.6. The molecule has 2 aromatic rings. The Labute approximate surface area is 234 Å². The largest absolute Gasteiger partial charge is 0.493 e. The van der Waals surface area contributed by atoms with E-state index in [1.807, 2.05) is 37.4 Å². The maximum atomic E-state index is 13.4. The van der Waals surface area contributed by atoms with Crippen molar-refractivity contribution in [2.45, 2.75) is 37.8 Å². The van der Waals surface area contributed by atoms with Gasteiger partial charge in [0.25, 0.3) is 5.91 Å². The van der Waals surface area contributed by atoms with Crippen LogP contribution in [-0.4, -0.2) is 71.7 Å². The number of amides is 2. The number of hydrogen-bond donors (Lipinski definition) is 3. The molecular weight excluding hydrogens is 522 g/mol. The molecule has 2 heterocycles. The molecular formula is C29H38ClN3O6. The SMILES string of the molecule is CNC(CNC(=O)c1cc2c(c(C(OCCNC(=O)OC)c3cccc(Cl)c3)c1)CCO2)CC1CCOCC1. The van der Waals surface area contributed by atoms with Gasteiger partial charge >= 0.3 is 6.09 Å². The Kier molecular flexibility index (Phi) is 10.8. The molecule has 0 aliphatic carbocycles. The quantitative estimate of drug-likeness (QED) is 0.339. The van der Waals surface area contributed by atoms with Crippen LogP contribution in [0.5, 0.6) is 5.75 Å². The van der Waals surface area contributed by atoms with Gasteiger partial charge in [0, 0.05) is 54.9 Å². The van der Waals surface area contributed by atoms with Crippen LogP contribution in [0.1, 0.15) is 52.4 Å². The average Bonchev–Trinajstić information content (AvgIpc) is 3.44. The number of nitrogens with one attached hydrogen (secondary N) is 3. The zero-order valence-corrected chi connectivity index (χ0v) is 23.4. The first-order valence-corrected chi connectivity index (χ1v) is 13.9. The van der Waals surface area contributed by atoms with Gasteiger partial charge in [-0.05, 0) is 67.6 Å². The summed E-state index contributed by atoms with van der Waals surface area (Å²) in [5.41, 5.74) is 3.21. The van der Waals surface area contributed by atoms with Crippen molar-refractivity contribution in [2.75, 3.05) is 53.7 Å². The number of halogens is 1. The summed E-state index contributed by atoms with van der Waals surface area (Å²) >= 11 is 6.32. The van der Waals surface area contributed by atoms with Crippen molar-refractivity contribution in [1.82, 2.24) is 16.0 Å². The van der Waals surface area contributed by atoms with Gasteiger partial charge in [-0.15, -0.1) is 0 Å². The van der Waals surface area contributed by atoms with Crippen LogP contribution in [0.25, 0.3) is 0 Å². The fourth-order valence-electron chi connectivity index (χ4n) is 5.13. The Morgan fingerprint density at radius 2 is 1.95 bits per heavy atom. The van der Waals surface area contributed by atoms with Gasteiger partial charge in [0.05, 0.1) is 20.3 Å². The number of carbonyl (C=O) groups is 2. The first kappa shape index (κ1) is 29.1. The third-order valence-corrected chi connectivity index (χ3v) is 7.50. The van der Waals surface area contributed by atoms with Gasteiger partial charge in [-0.1, -0.05) is 23.7 Å². The summed E-state index contributed by atoms with van der Waals surface area (Å²) in [7, 11) is 3.24. The Morgan fingerprint density at radius 1 is 1.13 bits per heavy atom. The van der Waals surface area contributed by atoms with E-state index in [0.29, 0.717) is 41.8 Å². The third kappa shape index (κ3) is 8.08. The lowest BCUT2D eigenvalue weighted by atomic mass is 9.92. The predicted molar refractivity (Wildman–Crippen MR) is 149 cm³/mol. The zero-order chi connectivity index (χ0) is 27.6. The molecule has 0 aromatic heterocycles. The third-order valence-electron chi connectivity index (χ3n) is 7.27. The molecule has 3 N–H and O–H groups in total. The van der Waals surface area contributed by atoms with Crippen LogP contribution < -0.4 is 20.7 Å². The van der Waals surface area contributed by atoms with E-state index < -0.39 is 12.2 Å². The summed E-state index contributed by atoms with van der Waals surface area (Å²) in [6.45, 7) is 3.16. The van der Waals surface area contributed by atoms with E-state index in [1.54, 1.807) is 6.07 Å². The maximum Gasteiger partial charge on any atom is 0.406 e. The molecule has 9 nitrogen and oxygen atoms in total. The Morgan fingerprint density at radius 3 is 2.69 bits per heavy atom. The molecule has 4 rings (SSSR count). The summed E-state index contributed by atoms with van der Waals surface area (Å²) in [5.74, 6) is 1.12. The van der Waals surface area contributed by atoms with Gasteiger partial charge < -0.3 is 34.9 Å². The summed E-state index contributed by atoms with van der Waals surface area (Å²) in [5, 5.41) is 9.66. The minimum Gasteiger partial charge on any atom is -0.493 e. The van der Waals surface area contributed by atoms with Gasteiger partial charge in [-0.3, -0.25) is 4.79 Å². The highest BCUT2D eigenvalue weighted by Gasteiger charge is 2.27. The standard InChI is InChI=1S/C29H38ClN3O6/c1-31-23(14-19-6-10-37-11-7-19)18-33-28(34)21-16-25(24-8-12-38-26(24)17-21)27(20-4-3-5-22(30)15-20)39-13-9-32-29(35)36-2/h3-5,15-17,19,23,27,31H,6-14,18H2,1-2H3,(H,32,35)(H,33,34). The number of hydrogen-bond acceptors (Lipinski definition) is 7. The summed E-state index contributed by atoms with van der Waals surface area (Å²) < 4.78 is 22.3. The molecule has 2 aliphatic rings. The van der Waals surface area contributed by atoms with Crippen LogP contribution in [0.3, 0.4) is 0 Å². The topological polar surface area (TPSA) is 107 Å². The first-order chi connectivity index (χ1) is 19.0. The number of methoxy groups -OCH3 is 1. The lowest BCUT2D eigenvalue weighted by Gasteiger charge is -2.26. The fraction of sp³-hybridized carbons (Fsp3) is 0.517. The fourth-order valence-corrected chi connectivity index (χ4v) is 5.33. The number of rotatable bonds is 12. The number of likely N-dealkylation sites (N-methyl/N-ethyl adjacent to an activating group) is 1.